The van der Waals surface area contributed by atoms with Gasteiger partial charge in [-0.1, -0.05) is 25.5 Å². The summed E-state index contributed by atoms with van der Waals surface area (Å²) in [4.78, 5) is 0. The molecule has 0 bridgehead atoms. The molecule has 0 aromatic rings. The SMILES string of the molecule is CO[C@H]1CC[C@@]2(C)C(=CC(O)C3C2CC[C@@]2(C)C3CCC23OCCO3)C1. The number of aliphatic hydroxyl groups excluding tert-OH is 1. The number of rotatable bonds is 1. The van der Waals surface area contributed by atoms with Gasteiger partial charge in [-0.05, 0) is 61.7 Å². The first-order valence-electron chi connectivity index (χ1n) is 10.6. The van der Waals surface area contributed by atoms with Crippen LogP contribution < -0.4 is 0 Å². The van der Waals surface area contributed by atoms with E-state index in [-0.39, 0.29) is 22.7 Å². The maximum Gasteiger partial charge on any atom is 0.174 e. The Kier molecular flexibility index (Phi) is 3.93. The summed E-state index contributed by atoms with van der Waals surface area (Å²) in [7, 11) is 1.82. The average Bonchev–Trinajstić information content (AvgIpc) is 3.22. The number of hydrogen-bond acceptors (Lipinski definition) is 4. The largest absolute Gasteiger partial charge is 0.389 e. The fraction of sp³-hybridized carbons (Fsp3) is 0.909. The Morgan fingerprint density at radius 1 is 1.04 bits per heavy atom. The van der Waals surface area contributed by atoms with Gasteiger partial charge in [0.1, 0.15) is 0 Å². The summed E-state index contributed by atoms with van der Waals surface area (Å²) in [6, 6.07) is 0. The van der Waals surface area contributed by atoms with Gasteiger partial charge in [0, 0.05) is 18.9 Å². The molecule has 1 aliphatic heterocycles. The standard InChI is InChI=1S/C22H34O4/c1-20-7-4-15(24-3)12-14(20)13-18(23)19-16(20)5-8-21(2)17(19)6-9-22(21)25-10-11-26-22/h13,15-19,23H,4-12H2,1-3H3/t15-,16?,17?,18?,19?,20-,21-/m0/s1. The number of fused-ring (bicyclic) bond motifs is 6. The second kappa shape index (κ2) is 5.79. The maximum atomic E-state index is 11.2. The Hall–Kier alpha value is -0.420. The van der Waals surface area contributed by atoms with Crippen LogP contribution in [-0.4, -0.2) is 43.4 Å². The predicted octanol–water partition coefficient (Wildman–Crippen LogP) is 3.68. The molecule has 3 saturated carbocycles. The van der Waals surface area contributed by atoms with E-state index in [1.807, 2.05) is 7.11 Å². The van der Waals surface area contributed by atoms with Crippen LogP contribution >= 0.6 is 0 Å². The van der Waals surface area contributed by atoms with Crippen molar-refractivity contribution in [3.05, 3.63) is 11.6 Å². The molecule has 0 aromatic carbocycles. The molecule has 1 heterocycles. The quantitative estimate of drug-likeness (QED) is 0.723. The van der Waals surface area contributed by atoms with Crippen molar-refractivity contribution in [2.45, 2.75) is 76.8 Å². The molecule has 4 aliphatic carbocycles. The Balaban J connectivity index is 1.50. The van der Waals surface area contributed by atoms with Gasteiger partial charge in [0.15, 0.2) is 5.79 Å². The van der Waals surface area contributed by atoms with Crippen molar-refractivity contribution in [3.8, 4) is 0 Å². The molecule has 0 amide bonds. The summed E-state index contributed by atoms with van der Waals surface area (Å²) in [5, 5.41) is 11.2. The Bertz CT molecular complexity index is 609. The van der Waals surface area contributed by atoms with Gasteiger partial charge in [0.05, 0.1) is 25.4 Å². The zero-order valence-corrected chi connectivity index (χ0v) is 16.5. The van der Waals surface area contributed by atoms with Crippen molar-refractivity contribution in [2.75, 3.05) is 20.3 Å². The molecule has 146 valence electrons. The third kappa shape index (κ3) is 2.10. The number of aliphatic hydroxyl groups is 1. The molecule has 4 nitrogen and oxygen atoms in total. The predicted molar refractivity (Wildman–Crippen MR) is 98.5 cm³/mol. The highest BCUT2D eigenvalue weighted by atomic mass is 16.7. The monoisotopic (exact) mass is 362 g/mol. The molecular formula is C22H34O4. The van der Waals surface area contributed by atoms with Crippen LogP contribution in [0.15, 0.2) is 11.6 Å². The van der Waals surface area contributed by atoms with Gasteiger partial charge in [-0.3, -0.25) is 0 Å². The molecule has 5 aliphatic rings. The molecule has 0 aromatic heterocycles. The fourth-order valence-corrected chi connectivity index (χ4v) is 7.70. The smallest absolute Gasteiger partial charge is 0.174 e. The van der Waals surface area contributed by atoms with Crippen molar-refractivity contribution >= 4 is 0 Å². The van der Waals surface area contributed by atoms with Gasteiger partial charge >= 0.3 is 0 Å². The summed E-state index contributed by atoms with van der Waals surface area (Å²) in [5.74, 6) is 1.02. The van der Waals surface area contributed by atoms with Crippen molar-refractivity contribution in [3.63, 3.8) is 0 Å². The van der Waals surface area contributed by atoms with E-state index in [4.69, 9.17) is 14.2 Å². The molecule has 4 heteroatoms. The van der Waals surface area contributed by atoms with Crippen LogP contribution in [0.1, 0.15) is 58.8 Å². The third-order valence-electron chi connectivity index (χ3n) is 9.22. The van der Waals surface area contributed by atoms with E-state index in [1.54, 1.807) is 0 Å². The average molecular weight is 363 g/mol. The van der Waals surface area contributed by atoms with Gasteiger partial charge in [0.25, 0.3) is 0 Å². The summed E-state index contributed by atoms with van der Waals surface area (Å²) in [6.45, 7) is 6.28. The van der Waals surface area contributed by atoms with Crippen LogP contribution in [0.3, 0.4) is 0 Å². The van der Waals surface area contributed by atoms with E-state index in [0.29, 0.717) is 23.9 Å². The van der Waals surface area contributed by atoms with Crippen molar-refractivity contribution < 1.29 is 19.3 Å². The highest BCUT2D eigenvalue weighted by Gasteiger charge is 2.67. The number of methoxy groups -OCH3 is 1. The lowest BCUT2D eigenvalue weighted by Gasteiger charge is -2.59. The van der Waals surface area contributed by atoms with Crippen molar-refractivity contribution in [1.29, 1.82) is 0 Å². The van der Waals surface area contributed by atoms with E-state index in [2.05, 4.69) is 19.9 Å². The van der Waals surface area contributed by atoms with Gasteiger partial charge in [-0.15, -0.1) is 0 Å². The van der Waals surface area contributed by atoms with Crippen LogP contribution in [0.25, 0.3) is 0 Å². The molecule has 26 heavy (non-hydrogen) atoms. The zero-order chi connectivity index (χ0) is 18.2. The lowest BCUT2D eigenvalue weighted by Crippen LogP contribution is -2.58. The topological polar surface area (TPSA) is 47.9 Å². The Morgan fingerprint density at radius 2 is 1.77 bits per heavy atom. The van der Waals surface area contributed by atoms with E-state index >= 15 is 0 Å². The summed E-state index contributed by atoms with van der Waals surface area (Å²) >= 11 is 0. The highest BCUT2D eigenvalue weighted by molar-refractivity contribution is 5.28. The molecule has 4 fully saturated rings. The minimum atomic E-state index is -0.388. The van der Waals surface area contributed by atoms with Gasteiger partial charge < -0.3 is 19.3 Å². The van der Waals surface area contributed by atoms with Crippen LogP contribution in [-0.2, 0) is 14.2 Å². The van der Waals surface area contributed by atoms with Crippen LogP contribution in [0, 0.1) is 28.6 Å². The minimum absolute atomic E-state index is 0.0388. The normalized spacial score (nSPS) is 52.3. The molecule has 1 saturated heterocycles. The van der Waals surface area contributed by atoms with Crippen molar-refractivity contribution in [2.24, 2.45) is 28.6 Å². The number of ether oxygens (including phenoxy) is 3. The first-order chi connectivity index (χ1) is 12.4. The zero-order valence-electron chi connectivity index (χ0n) is 16.5. The summed E-state index contributed by atoms with van der Waals surface area (Å²) < 4.78 is 18.1. The summed E-state index contributed by atoms with van der Waals surface area (Å²) in [5.41, 5.74) is 1.72. The molecular weight excluding hydrogens is 328 g/mol. The van der Waals surface area contributed by atoms with E-state index < -0.39 is 0 Å². The molecule has 7 atom stereocenters. The molecule has 5 rings (SSSR count). The second-order valence-electron chi connectivity index (χ2n) is 9.94. The van der Waals surface area contributed by atoms with Crippen LogP contribution in [0.5, 0.6) is 0 Å². The first-order valence-corrected chi connectivity index (χ1v) is 10.6. The molecule has 1 N–H and O–H groups in total. The molecule has 0 radical (unpaired) electrons. The van der Waals surface area contributed by atoms with Gasteiger partial charge in [0.2, 0.25) is 0 Å². The van der Waals surface area contributed by atoms with E-state index in [0.717, 1.165) is 45.3 Å². The second-order valence-corrected chi connectivity index (χ2v) is 9.94. The fourth-order valence-electron chi connectivity index (χ4n) is 7.70. The van der Waals surface area contributed by atoms with Gasteiger partial charge in [-0.2, -0.15) is 0 Å². The Morgan fingerprint density at radius 3 is 2.50 bits per heavy atom. The van der Waals surface area contributed by atoms with Crippen LogP contribution in [0.4, 0.5) is 0 Å². The van der Waals surface area contributed by atoms with Crippen molar-refractivity contribution in [1.82, 2.24) is 0 Å². The van der Waals surface area contributed by atoms with E-state index in [1.165, 1.54) is 18.4 Å². The third-order valence-corrected chi connectivity index (χ3v) is 9.22. The Labute approximate surface area is 157 Å². The first kappa shape index (κ1) is 17.7. The number of hydrogen-bond donors (Lipinski definition) is 1. The van der Waals surface area contributed by atoms with Gasteiger partial charge in [-0.25, -0.2) is 0 Å². The lowest BCUT2D eigenvalue weighted by atomic mass is 9.47. The van der Waals surface area contributed by atoms with Crippen LogP contribution in [0.2, 0.25) is 0 Å². The lowest BCUT2D eigenvalue weighted by molar-refractivity contribution is -0.246. The van der Waals surface area contributed by atoms with E-state index in [9.17, 15) is 5.11 Å². The highest BCUT2D eigenvalue weighted by Crippen LogP contribution is 2.68. The minimum Gasteiger partial charge on any atom is -0.389 e. The maximum absolute atomic E-state index is 11.2. The molecule has 1 spiro atoms. The summed E-state index contributed by atoms with van der Waals surface area (Å²) in [6.07, 6.45) is 9.95. The molecule has 4 unspecified atom stereocenters.